The van der Waals surface area contributed by atoms with Crippen LogP contribution in [-0.4, -0.2) is 17.9 Å². The zero-order valence-electron chi connectivity index (χ0n) is 15.5. The van der Waals surface area contributed by atoms with Gasteiger partial charge in [-0.05, 0) is 49.6 Å². The van der Waals surface area contributed by atoms with Crippen LogP contribution in [0, 0.1) is 12.8 Å². The van der Waals surface area contributed by atoms with Gasteiger partial charge >= 0.3 is 0 Å². The summed E-state index contributed by atoms with van der Waals surface area (Å²) in [4.78, 5) is 25.2. The highest BCUT2D eigenvalue weighted by atomic mass is 35.5. The molecule has 0 spiro atoms. The minimum Gasteiger partial charge on any atom is -0.348 e. The maximum absolute atomic E-state index is 12.7. The van der Waals surface area contributed by atoms with E-state index in [2.05, 4.69) is 10.6 Å². The van der Waals surface area contributed by atoms with Crippen molar-refractivity contribution in [1.82, 2.24) is 10.6 Å². The van der Waals surface area contributed by atoms with Crippen LogP contribution in [0.25, 0.3) is 0 Å². The molecule has 2 unspecified atom stereocenters. The van der Waals surface area contributed by atoms with Gasteiger partial charge in [0.25, 0.3) is 5.91 Å². The summed E-state index contributed by atoms with van der Waals surface area (Å²) in [5.41, 5.74) is 2.58. The average Bonchev–Trinajstić information content (AvgIpc) is 2.60. The van der Waals surface area contributed by atoms with E-state index in [1.807, 2.05) is 52.0 Å². The lowest BCUT2D eigenvalue weighted by molar-refractivity contribution is -0.124. The summed E-state index contributed by atoms with van der Waals surface area (Å²) in [5.74, 6) is -0.497. The number of hydrogen-bond donors (Lipinski definition) is 2. The Balaban J connectivity index is 2.05. The zero-order chi connectivity index (χ0) is 19.3. The van der Waals surface area contributed by atoms with Crippen LogP contribution in [0.4, 0.5) is 0 Å². The zero-order valence-corrected chi connectivity index (χ0v) is 16.3. The predicted molar refractivity (Wildman–Crippen MR) is 105 cm³/mol. The maximum Gasteiger partial charge on any atom is 0.251 e. The quantitative estimate of drug-likeness (QED) is 0.795. The molecule has 0 heterocycles. The minimum atomic E-state index is -0.612. The summed E-state index contributed by atoms with van der Waals surface area (Å²) in [5, 5.41) is 6.46. The average molecular weight is 373 g/mol. The van der Waals surface area contributed by atoms with Gasteiger partial charge in [0, 0.05) is 10.6 Å². The fourth-order valence-corrected chi connectivity index (χ4v) is 2.73. The second-order valence-corrected chi connectivity index (χ2v) is 7.28. The van der Waals surface area contributed by atoms with Crippen LogP contribution in [-0.2, 0) is 4.79 Å². The Kier molecular flexibility index (Phi) is 6.81. The van der Waals surface area contributed by atoms with Crippen LogP contribution < -0.4 is 10.6 Å². The first kappa shape index (κ1) is 20.0. The van der Waals surface area contributed by atoms with E-state index in [1.165, 1.54) is 0 Å². The van der Waals surface area contributed by atoms with Crippen LogP contribution in [0.5, 0.6) is 0 Å². The van der Waals surface area contributed by atoms with E-state index in [9.17, 15) is 9.59 Å². The summed E-state index contributed by atoms with van der Waals surface area (Å²) >= 11 is 5.90. The molecule has 0 bridgehead atoms. The minimum absolute atomic E-state index is 0.0400. The van der Waals surface area contributed by atoms with Crippen LogP contribution in [0.1, 0.15) is 48.3 Å². The fraction of sp³-hybridized carbons (Fsp3) is 0.333. The number of amides is 2. The van der Waals surface area contributed by atoms with Crippen molar-refractivity contribution >= 4 is 23.4 Å². The highest BCUT2D eigenvalue weighted by Gasteiger charge is 2.26. The molecule has 0 aromatic heterocycles. The molecule has 2 rings (SSSR count). The first-order valence-electron chi connectivity index (χ1n) is 8.71. The van der Waals surface area contributed by atoms with Crippen LogP contribution in [0.3, 0.4) is 0 Å². The molecule has 138 valence electrons. The van der Waals surface area contributed by atoms with Gasteiger partial charge in [0.2, 0.25) is 5.91 Å². The Morgan fingerprint density at radius 1 is 0.885 bits per heavy atom. The highest BCUT2D eigenvalue weighted by Crippen LogP contribution is 2.17. The molecule has 2 atom stereocenters. The molecule has 0 aliphatic rings. The highest BCUT2D eigenvalue weighted by molar-refractivity contribution is 6.30. The number of aryl methyl sites for hydroxylation is 1. The van der Waals surface area contributed by atoms with Crippen molar-refractivity contribution in [3.05, 3.63) is 70.2 Å². The first-order chi connectivity index (χ1) is 12.3. The van der Waals surface area contributed by atoms with Gasteiger partial charge in [-0.25, -0.2) is 0 Å². The van der Waals surface area contributed by atoms with Gasteiger partial charge in [-0.2, -0.15) is 0 Å². The Hall–Kier alpha value is -2.33. The number of carbonyl (C=O) groups is 2. The van der Waals surface area contributed by atoms with E-state index in [4.69, 9.17) is 11.6 Å². The summed E-state index contributed by atoms with van der Waals surface area (Å²) < 4.78 is 0. The lowest BCUT2D eigenvalue weighted by Gasteiger charge is -2.24. The lowest BCUT2D eigenvalue weighted by atomic mass is 10.0. The molecule has 0 fully saturated rings. The predicted octanol–water partition coefficient (Wildman–Crippen LogP) is 4.28. The van der Waals surface area contributed by atoms with Gasteiger partial charge < -0.3 is 10.6 Å². The maximum atomic E-state index is 12.7. The number of rotatable bonds is 6. The number of nitrogens with one attached hydrogen (secondary N) is 2. The summed E-state index contributed by atoms with van der Waals surface area (Å²) in [6, 6.07) is 13.8. The largest absolute Gasteiger partial charge is 0.348 e. The van der Waals surface area contributed by atoms with Crippen LogP contribution >= 0.6 is 11.6 Å². The van der Waals surface area contributed by atoms with Crippen LogP contribution in [0.15, 0.2) is 48.5 Å². The third-order valence-electron chi connectivity index (χ3n) is 4.28. The van der Waals surface area contributed by atoms with E-state index in [0.29, 0.717) is 10.6 Å². The third kappa shape index (κ3) is 5.33. The molecular weight excluding hydrogens is 348 g/mol. The second-order valence-electron chi connectivity index (χ2n) is 6.84. The molecule has 0 radical (unpaired) electrons. The van der Waals surface area contributed by atoms with Gasteiger partial charge in [0.15, 0.2) is 0 Å². The normalized spacial score (nSPS) is 13.2. The van der Waals surface area contributed by atoms with Crippen molar-refractivity contribution < 1.29 is 9.59 Å². The molecule has 2 aromatic rings. The van der Waals surface area contributed by atoms with Crippen molar-refractivity contribution in [1.29, 1.82) is 0 Å². The molecule has 5 heteroatoms. The molecule has 0 saturated carbocycles. The molecule has 2 aromatic carbocycles. The van der Waals surface area contributed by atoms with Crippen molar-refractivity contribution in [3.63, 3.8) is 0 Å². The molecule has 0 aliphatic heterocycles. The Morgan fingerprint density at radius 3 is 2.00 bits per heavy atom. The van der Waals surface area contributed by atoms with Gasteiger partial charge in [-0.1, -0.05) is 55.3 Å². The Bertz CT molecular complexity index is 755. The molecule has 2 N–H and O–H groups in total. The first-order valence-corrected chi connectivity index (χ1v) is 9.09. The van der Waals surface area contributed by atoms with Gasteiger partial charge in [0.05, 0.1) is 6.04 Å². The van der Waals surface area contributed by atoms with Gasteiger partial charge in [0.1, 0.15) is 6.04 Å². The molecular formula is C21H25ClN2O2. The monoisotopic (exact) mass is 372 g/mol. The lowest BCUT2D eigenvalue weighted by Crippen LogP contribution is -2.50. The van der Waals surface area contributed by atoms with E-state index in [0.717, 1.165) is 11.1 Å². The van der Waals surface area contributed by atoms with Gasteiger partial charge in [-0.15, -0.1) is 0 Å². The SMILES string of the molecule is Cc1ccc(C(=O)NC(C(=O)NC(C)c2ccc(Cl)cc2)C(C)C)cc1. The van der Waals surface area contributed by atoms with Crippen molar-refractivity contribution in [2.45, 2.75) is 39.8 Å². The molecule has 26 heavy (non-hydrogen) atoms. The van der Waals surface area contributed by atoms with Gasteiger partial charge in [-0.3, -0.25) is 9.59 Å². The Morgan fingerprint density at radius 2 is 1.46 bits per heavy atom. The molecule has 0 aliphatic carbocycles. The standard InChI is InChI=1S/C21H25ClN2O2/c1-13(2)19(24-20(25)17-7-5-14(3)6-8-17)21(26)23-15(4)16-9-11-18(22)12-10-16/h5-13,15,19H,1-4H3,(H,23,26)(H,24,25). The topological polar surface area (TPSA) is 58.2 Å². The second kappa shape index (κ2) is 8.86. The molecule has 2 amide bonds. The van der Waals surface area contributed by atoms with E-state index in [-0.39, 0.29) is 23.8 Å². The van der Waals surface area contributed by atoms with Crippen molar-refractivity contribution in [2.24, 2.45) is 5.92 Å². The summed E-state index contributed by atoms with van der Waals surface area (Å²) in [6.45, 7) is 7.68. The number of hydrogen-bond acceptors (Lipinski definition) is 2. The molecule has 4 nitrogen and oxygen atoms in total. The number of benzene rings is 2. The van der Waals surface area contributed by atoms with Crippen molar-refractivity contribution in [3.8, 4) is 0 Å². The summed E-state index contributed by atoms with van der Waals surface area (Å²) in [6.07, 6.45) is 0. The third-order valence-corrected chi connectivity index (χ3v) is 4.53. The smallest absolute Gasteiger partial charge is 0.251 e. The van der Waals surface area contributed by atoms with E-state index in [1.54, 1.807) is 24.3 Å². The fourth-order valence-electron chi connectivity index (χ4n) is 2.60. The number of halogens is 1. The van der Waals surface area contributed by atoms with Crippen molar-refractivity contribution in [2.75, 3.05) is 0 Å². The number of carbonyl (C=O) groups excluding carboxylic acids is 2. The van der Waals surface area contributed by atoms with Crippen LogP contribution in [0.2, 0.25) is 5.02 Å². The Labute approximate surface area is 159 Å². The van der Waals surface area contributed by atoms with E-state index >= 15 is 0 Å². The van der Waals surface area contributed by atoms with E-state index < -0.39 is 6.04 Å². The molecule has 0 saturated heterocycles. The summed E-state index contributed by atoms with van der Waals surface area (Å²) in [7, 11) is 0.